The fourth-order valence-electron chi connectivity index (χ4n) is 3.20. The van der Waals surface area contributed by atoms with E-state index in [1.807, 2.05) is 30.3 Å². The number of ether oxygens (including phenoxy) is 2. The summed E-state index contributed by atoms with van der Waals surface area (Å²) in [4.78, 5) is 12.8. The van der Waals surface area contributed by atoms with E-state index in [9.17, 15) is 13.2 Å². The van der Waals surface area contributed by atoms with Gasteiger partial charge in [0.05, 0.1) is 4.90 Å². The molecule has 4 aromatic rings. The van der Waals surface area contributed by atoms with Crippen molar-refractivity contribution >= 4 is 27.3 Å². The third-order valence-electron chi connectivity index (χ3n) is 4.91. The van der Waals surface area contributed by atoms with Crippen LogP contribution in [-0.2, 0) is 10.0 Å². The van der Waals surface area contributed by atoms with E-state index in [4.69, 9.17) is 9.47 Å². The van der Waals surface area contributed by atoms with E-state index in [0.29, 0.717) is 35.9 Å². The van der Waals surface area contributed by atoms with Crippen molar-refractivity contribution in [1.82, 2.24) is 0 Å². The first kappa shape index (κ1) is 23.8. The number of rotatable bonds is 10. The van der Waals surface area contributed by atoms with E-state index in [2.05, 4.69) is 10.0 Å². The summed E-state index contributed by atoms with van der Waals surface area (Å²) in [6, 6.07) is 30.8. The summed E-state index contributed by atoms with van der Waals surface area (Å²) in [6.07, 6.45) is 0. The third-order valence-corrected chi connectivity index (χ3v) is 6.31. The Kier molecular flexibility index (Phi) is 7.64. The van der Waals surface area contributed by atoms with Gasteiger partial charge in [0.25, 0.3) is 15.9 Å². The van der Waals surface area contributed by atoms with Crippen molar-refractivity contribution in [3.63, 3.8) is 0 Å². The van der Waals surface area contributed by atoms with Crippen molar-refractivity contribution in [1.29, 1.82) is 0 Å². The minimum atomic E-state index is -3.73. The molecule has 0 aliphatic carbocycles. The van der Waals surface area contributed by atoms with Gasteiger partial charge in [-0.3, -0.25) is 9.52 Å². The molecule has 0 atom stereocenters. The van der Waals surface area contributed by atoms with Gasteiger partial charge in [-0.1, -0.05) is 42.5 Å². The summed E-state index contributed by atoms with van der Waals surface area (Å²) >= 11 is 0. The summed E-state index contributed by atoms with van der Waals surface area (Å²) in [5.74, 6) is 0.968. The lowest BCUT2D eigenvalue weighted by Gasteiger charge is -2.11. The van der Waals surface area contributed by atoms with Crippen LogP contribution in [0.25, 0.3) is 0 Å². The van der Waals surface area contributed by atoms with Crippen molar-refractivity contribution in [2.45, 2.75) is 4.90 Å². The molecule has 8 heteroatoms. The highest BCUT2D eigenvalue weighted by atomic mass is 32.2. The molecule has 0 fully saturated rings. The molecule has 7 nitrogen and oxygen atoms in total. The summed E-state index contributed by atoms with van der Waals surface area (Å²) in [5, 5.41) is 2.77. The van der Waals surface area contributed by atoms with Crippen LogP contribution in [0.2, 0.25) is 0 Å². The summed E-state index contributed by atoms with van der Waals surface area (Å²) in [6.45, 7) is 0.696. The van der Waals surface area contributed by atoms with Crippen LogP contribution in [0.15, 0.2) is 114 Å². The molecule has 1 amide bonds. The van der Waals surface area contributed by atoms with Gasteiger partial charge in [0.2, 0.25) is 0 Å². The summed E-state index contributed by atoms with van der Waals surface area (Å²) in [7, 11) is -3.73. The predicted octanol–water partition coefficient (Wildman–Crippen LogP) is 5.20. The first-order valence-corrected chi connectivity index (χ1v) is 12.4. The molecule has 4 rings (SSSR count). The van der Waals surface area contributed by atoms with Crippen LogP contribution in [0.5, 0.6) is 11.5 Å². The Bertz CT molecular complexity index is 1360. The molecule has 0 bridgehead atoms. The molecule has 0 saturated carbocycles. The molecule has 0 radical (unpaired) electrons. The molecular weight excluding hydrogens is 464 g/mol. The first-order valence-electron chi connectivity index (χ1n) is 10.9. The van der Waals surface area contributed by atoms with Crippen LogP contribution < -0.4 is 19.5 Å². The number of para-hydroxylation sites is 2. The molecule has 0 aliphatic heterocycles. The molecule has 2 N–H and O–H groups in total. The Balaban J connectivity index is 1.32. The van der Waals surface area contributed by atoms with Crippen LogP contribution in [0.1, 0.15) is 10.4 Å². The van der Waals surface area contributed by atoms with Gasteiger partial charge in [0, 0.05) is 16.9 Å². The average molecular weight is 489 g/mol. The number of hydrogen-bond donors (Lipinski definition) is 2. The van der Waals surface area contributed by atoms with E-state index in [1.54, 1.807) is 66.7 Å². The lowest BCUT2D eigenvalue weighted by molar-refractivity contribution is 0.102. The average Bonchev–Trinajstić information content (AvgIpc) is 2.88. The maximum atomic E-state index is 12.7. The number of anilines is 2. The zero-order chi connectivity index (χ0) is 24.5. The van der Waals surface area contributed by atoms with E-state index in [0.717, 1.165) is 5.75 Å². The quantitative estimate of drug-likeness (QED) is 0.299. The molecule has 0 aliphatic rings. The molecule has 0 spiro atoms. The Hall–Kier alpha value is -4.30. The Labute approximate surface area is 204 Å². The molecule has 4 aromatic carbocycles. The minimum Gasteiger partial charge on any atom is -0.490 e. The van der Waals surface area contributed by atoms with Crippen LogP contribution in [0.3, 0.4) is 0 Å². The number of benzene rings is 4. The highest BCUT2D eigenvalue weighted by molar-refractivity contribution is 7.92. The maximum Gasteiger partial charge on any atom is 0.261 e. The molecule has 0 aromatic heterocycles. The molecule has 35 heavy (non-hydrogen) atoms. The third kappa shape index (κ3) is 6.84. The van der Waals surface area contributed by atoms with E-state index in [-0.39, 0.29) is 10.8 Å². The predicted molar refractivity (Wildman–Crippen MR) is 136 cm³/mol. The zero-order valence-electron chi connectivity index (χ0n) is 18.8. The van der Waals surface area contributed by atoms with Gasteiger partial charge in [0.15, 0.2) is 0 Å². The molecule has 0 unspecified atom stereocenters. The monoisotopic (exact) mass is 488 g/mol. The van der Waals surface area contributed by atoms with Gasteiger partial charge in [-0.05, 0) is 66.7 Å². The van der Waals surface area contributed by atoms with Crippen LogP contribution in [0, 0.1) is 0 Å². The standard InChI is InChI=1S/C27H24N2O5S/c30-27(21-8-7-13-25(20-21)34-19-18-33-24-11-5-2-6-12-24)28-22-14-16-26(17-15-22)35(31,32)29-23-9-3-1-4-10-23/h1-17,20,29H,18-19H2,(H,28,30). The van der Waals surface area contributed by atoms with E-state index >= 15 is 0 Å². The lowest BCUT2D eigenvalue weighted by Crippen LogP contribution is -2.14. The zero-order valence-corrected chi connectivity index (χ0v) is 19.6. The van der Waals surface area contributed by atoms with Gasteiger partial charge < -0.3 is 14.8 Å². The highest BCUT2D eigenvalue weighted by Crippen LogP contribution is 2.20. The topological polar surface area (TPSA) is 93.7 Å². The van der Waals surface area contributed by atoms with Crippen LogP contribution >= 0.6 is 0 Å². The van der Waals surface area contributed by atoms with Gasteiger partial charge >= 0.3 is 0 Å². The van der Waals surface area contributed by atoms with Gasteiger partial charge in [0.1, 0.15) is 24.7 Å². The molecule has 0 saturated heterocycles. The normalized spacial score (nSPS) is 10.9. The van der Waals surface area contributed by atoms with Gasteiger partial charge in [-0.15, -0.1) is 0 Å². The van der Waals surface area contributed by atoms with Crippen molar-refractivity contribution < 1.29 is 22.7 Å². The fraction of sp³-hybridized carbons (Fsp3) is 0.0741. The second-order valence-electron chi connectivity index (χ2n) is 7.49. The second-order valence-corrected chi connectivity index (χ2v) is 9.17. The fourth-order valence-corrected chi connectivity index (χ4v) is 4.26. The second kappa shape index (κ2) is 11.2. The van der Waals surface area contributed by atoms with E-state index < -0.39 is 10.0 Å². The number of amides is 1. The SMILES string of the molecule is O=C(Nc1ccc(S(=O)(=O)Nc2ccccc2)cc1)c1cccc(OCCOc2ccccc2)c1. The van der Waals surface area contributed by atoms with Gasteiger partial charge in [-0.25, -0.2) is 8.42 Å². The Morgan fingerprint density at radius 3 is 1.94 bits per heavy atom. The molecule has 0 heterocycles. The lowest BCUT2D eigenvalue weighted by atomic mass is 10.2. The minimum absolute atomic E-state index is 0.0903. The maximum absolute atomic E-state index is 12.7. The van der Waals surface area contributed by atoms with Crippen LogP contribution in [-0.4, -0.2) is 27.5 Å². The Morgan fingerprint density at radius 1 is 0.657 bits per heavy atom. The largest absolute Gasteiger partial charge is 0.490 e. The van der Waals surface area contributed by atoms with Gasteiger partial charge in [-0.2, -0.15) is 0 Å². The van der Waals surface area contributed by atoms with Crippen LogP contribution in [0.4, 0.5) is 11.4 Å². The highest BCUT2D eigenvalue weighted by Gasteiger charge is 2.14. The van der Waals surface area contributed by atoms with Crippen molar-refractivity contribution in [2.75, 3.05) is 23.3 Å². The number of carbonyl (C=O) groups is 1. The molecular formula is C27H24N2O5S. The summed E-state index contributed by atoms with van der Waals surface area (Å²) in [5.41, 5.74) is 1.35. The van der Waals surface area contributed by atoms with E-state index in [1.165, 1.54) is 12.1 Å². The number of hydrogen-bond acceptors (Lipinski definition) is 5. The summed E-state index contributed by atoms with van der Waals surface area (Å²) < 4.78 is 38.9. The van der Waals surface area contributed by atoms with Crippen molar-refractivity contribution in [3.8, 4) is 11.5 Å². The number of nitrogens with one attached hydrogen (secondary N) is 2. The molecule has 178 valence electrons. The smallest absolute Gasteiger partial charge is 0.261 e. The number of sulfonamides is 1. The van der Waals surface area contributed by atoms with Crippen molar-refractivity contribution in [2.24, 2.45) is 0 Å². The Morgan fingerprint density at radius 2 is 1.26 bits per heavy atom. The number of carbonyl (C=O) groups excluding carboxylic acids is 1. The van der Waals surface area contributed by atoms with Crippen molar-refractivity contribution in [3.05, 3.63) is 115 Å². The first-order chi connectivity index (χ1) is 17.0.